The highest BCUT2D eigenvalue weighted by molar-refractivity contribution is 5.99. The molecule has 1 saturated heterocycles. The van der Waals surface area contributed by atoms with Gasteiger partial charge in [0, 0.05) is 38.1 Å². The fourth-order valence-electron chi connectivity index (χ4n) is 3.15. The number of benzene rings is 1. The molecule has 1 heterocycles. The van der Waals surface area contributed by atoms with Crippen molar-refractivity contribution in [2.75, 3.05) is 26.2 Å². The lowest BCUT2D eigenvalue weighted by Gasteiger charge is -2.32. The number of hydrogen-bond acceptors (Lipinski definition) is 4. The maximum absolute atomic E-state index is 12.4. The van der Waals surface area contributed by atoms with E-state index in [0.717, 1.165) is 36.0 Å². The predicted molar refractivity (Wildman–Crippen MR) is 106 cm³/mol. The number of ether oxygens (including phenoxy) is 1. The summed E-state index contributed by atoms with van der Waals surface area (Å²) in [5.74, 6) is 0.119. The molecular formula is C20H31ClN2O3. The van der Waals surface area contributed by atoms with Gasteiger partial charge in [0.05, 0.1) is 6.10 Å². The summed E-state index contributed by atoms with van der Waals surface area (Å²) in [5, 5.41) is 0. The number of carbonyl (C=O) groups excluding carboxylic acids is 2. The first kappa shape index (κ1) is 22.6. The number of rotatable bonds is 8. The fourth-order valence-corrected chi connectivity index (χ4v) is 3.15. The minimum atomic E-state index is 0. The van der Waals surface area contributed by atoms with E-state index in [1.54, 1.807) is 0 Å². The van der Waals surface area contributed by atoms with Gasteiger partial charge in [0.15, 0.2) is 5.78 Å². The predicted octanol–water partition coefficient (Wildman–Crippen LogP) is 3.04. The standard InChI is InChI=1S/C20H30N2O3.ClH/c1-15-4-5-16(2)18(14-15)19(23)6-7-20(24)22-11-8-17(9-12-22)25-13-3-10-21;/h4-5,14,17H,3,6-13,21H2,1-2H3;1H. The van der Waals surface area contributed by atoms with Gasteiger partial charge in [-0.1, -0.05) is 17.7 Å². The van der Waals surface area contributed by atoms with Crippen LogP contribution in [-0.2, 0) is 9.53 Å². The number of hydrogen-bond donors (Lipinski definition) is 1. The molecule has 0 unspecified atom stereocenters. The summed E-state index contributed by atoms with van der Waals surface area (Å²) in [4.78, 5) is 26.6. The van der Waals surface area contributed by atoms with Gasteiger partial charge in [-0.05, 0) is 51.3 Å². The Balaban J connectivity index is 0.00000338. The number of nitrogens with two attached hydrogens (primary N) is 1. The van der Waals surface area contributed by atoms with Gasteiger partial charge < -0.3 is 15.4 Å². The molecule has 5 nitrogen and oxygen atoms in total. The van der Waals surface area contributed by atoms with E-state index in [0.29, 0.717) is 26.2 Å². The molecule has 1 fully saturated rings. The van der Waals surface area contributed by atoms with Crippen LogP contribution >= 0.6 is 12.4 Å². The molecule has 2 rings (SSSR count). The zero-order valence-electron chi connectivity index (χ0n) is 15.8. The lowest BCUT2D eigenvalue weighted by Crippen LogP contribution is -2.41. The molecule has 0 radical (unpaired) electrons. The number of piperidine rings is 1. The quantitative estimate of drug-likeness (QED) is 0.554. The Morgan fingerprint density at radius 3 is 2.54 bits per heavy atom. The Morgan fingerprint density at radius 2 is 1.88 bits per heavy atom. The van der Waals surface area contributed by atoms with Crippen LogP contribution in [0.15, 0.2) is 18.2 Å². The summed E-state index contributed by atoms with van der Waals surface area (Å²) < 4.78 is 5.76. The van der Waals surface area contributed by atoms with Gasteiger partial charge in [-0.3, -0.25) is 9.59 Å². The van der Waals surface area contributed by atoms with Gasteiger partial charge in [-0.25, -0.2) is 0 Å². The number of amides is 1. The fraction of sp³-hybridized carbons (Fsp3) is 0.600. The summed E-state index contributed by atoms with van der Waals surface area (Å²) >= 11 is 0. The van der Waals surface area contributed by atoms with Gasteiger partial charge >= 0.3 is 0 Å². The van der Waals surface area contributed by atoms with Crippen LogP contribution in [0, 0.1) is 13.8 Å². The highest BCUT2D eigenvalue weighted by Crippen LogP contribution is 2.17. The molecule has 1 aliphatic heterocycles. The van der Waals surface area contributed by atoms with E-state index in [-0.39, 0.29) is 43.0 Å². The number of ketones is 1. The second-order valence-corrected chi connectivity index (χ2v) is 6.83. The molecule has 146 valence electrons. The van der Waals surface area contributed by atoms with E-state index < -0.39 is 0 Å². The van der Waals surface area contributed by atoms with Crippen LogP contribution in [0.3, 0.4) is 0 Å². The number of Topliss-reactive ketones (excluding diaryl/α,β-unsaturated/α-hetero) is 1. The van der Waals surface area contributed by atoms with Crippen molar-refractivity contribution in [3.8, 4) is 0 Å². The van der Waals surface area contributed by atoms with Crippen LogP contribution < -0.4 is 5.73 Å². The average molecular weight is 383 g/mol. The van der Waals surface area contributed by atoms with Crippen LogP contribution in [0.5, 0.6) is 0 Å². The molecule has 0 aliphatic carbocycles. The molecule has 0 atom stereocenters. The van der Waals surface area contributed by atoms with Crippen LogP contribution in [0.25, 0.3) is 0 Å². The van der Waals surface area contributed by atoms with Crippen molar-refractivity contribution >= 4 is 24.1 Å². The van der Waals surface area contributed by atoms with Crippen molar-refractivity contribution in [1.82, 2.24) is 4.90 Å². The topological polar surface area (TPSA) is 72.6 Å². The zero-order valence-corrected chi connectivity index (χ0v) is 16.6. The smallest absolute Gasteiger partial charge is 0.223 e. The molecule has 0 spiro atoms. The van der Waals surface area contributed by atoms with E-state index in [9.17, 15) is 9.59 Å². The number of likely N-dealkylation sites (tertiary alicyclic amines) is 1. The van der Waals surface area contributed by atoms with Crippen molar-refractivity contribution in [3.63, 3.8) is 0 Å². The van der Waals surface area contributed by atoms with E-state index >= 15 is 0 Å². The molecule has 26 heavy (non-hydrogen) atoms. The third kappa shape index (κ3) is 6.71. The molecule has 1 aliphatic rings. The summed E-state index contributed by atoms with van der Waals surface area (Å²) in [6.45, 7) is 6.67. The van der Waals surface area contributed by atoms with E-state index in [2.05, 4.69) is 0 Å². The van der Waals surface area contributed by atoms with Crippen molar-refractivity contribution in [3.05, 3.63) is 34.9 Å². The van der Waals surface area contributed by atoms with E-state index in [1.165, 1.54) is 0 Å². The lowest BCUT2D eigenvalue weighted by molar-refractivity contribution is -0.133. The van der Waals surface area contributed by atoms with Gasteiger partial charge in [0.25, 0.3) is 0 Å². The first-order valence-electron chi connectivity index (χ1n) is 9.21. The van der Waals surface area contributed by atoms with Crippen LogP contribution in [-0.4, -0.2) is 48.9 Å². The molecular weight excluding hydrogens is 352 g/mol. The Hall–Kier alpha value is -1.43. The van der Waals surface area contributed by atoms with E-state index in [4.69, 9.17) is 10.5 Å². The van der Waals surface area contributed by atoms with Crippen molar-refractivity contribution in [1.29, 1.82) is 0 Å². The third-order valence-corrected chi connectivity index (χ3v) is 4.76. The summed E-state index contributed by atoms with van der Waals surface area (Å²) in [6, 6.07) is 5.86. The van der Waals surface area contributed by atoms with Crippen molar-refractivity contribution in [2.45, 2.75) is 52.1 Å². The third-order valence-electron chi connectivity index (χ3n) is 4.76. The van der Waals surface area contributed by atoms with Gasteiger partial charge in [-0.2, -0.15) is 0 Å². The summed E-state index contributed by atoms with van der Waals surface area (Å²) in [6.07, 6.45) is 3.38. The molecule has 1 aromatic carbocycles. The zero-order chi connectivity index (χ0) is 18.2. The van der Waals surface area contributed by atoms with Gasteiger partial charge in [0.2, 0.25) is 5.91 Å². The average Bonchev–Trinajstić information content (AvgIpc) is 2.62. The Bertz CT molecular complexity index is 599. The monoisotopic (exact) mass is 382 g/mol. The lowest BCUT2D eigenvalue weighted by atomic mass is 9.99. The molecule has 1 aromatic rings. The highest BCUT2D eigenvalue weighted by atomic mass is 35.5. The molecule has 0 aromatic heterocycles. The number of halogens is 1. The molecule has 1 amide bonds. The number of nitrogens with zero attached hydrogens (tertiary/aromatic N) is 1. The largest absolute Gasteiger partial charge is 0.378 e. The maximum Gasteiger partial charge on any atom is 0.223 e. The summed E-state index contributed by atoms with van der Waals surface area (Å²) in [5.41, 5.74) is 8.24. The van der Waals surface area contributed by atoms with Gasteiger partial charge in [0.1, 0.15) is 0 Å². The van der Waals surface area contributed by atoms with Crippen molar-refractivity contribution in [2.24, 2.45) is 5.73 Å². The molecule has 2 N–H and O–H groups in total. The van der Waals surface area contributed by atoms with Crippen LogP contribution in [0.4, 0.5) is 0 Å². The first-order valence-corrected chi connectivity index (χ1v) is 9.21. The Labute approximate surface area is 162 Å². The summed E-state index contributed by atoms with van der Waals surface area (Å²) in [7, 11) is 0. The van der Waals surface area contributed by atoms with E-state index in [1.807, 2.05) is 36.9 Å². The Kier molecular flexibility index (Phi) is 9.84. The van der Waals surface area contributed by atoms with Gasteiger partial charge in [-0.15, -0.1) is 12.4 Å². The molecule has 0 saturated carbocycles. The SMILES string of the molecule is Cc1ccc(C)c(C(=O)CCC(=O)N2CCC(OCCCN)CC2)c1.Cl. The second kappa shape index (κ2) is 11.3. The highest BCUT2D eigenvalue weighted by Gasteiger charge is 2.23. The minimum absolute atomic E-state index is 0. The second-order valence-electron chi connectivity index (χ2n) is 6.83. The van der Waals surface area contributed by atoms with Crippen molar-refractivity contribution < 1.29 is 14.3 Å². The minimum Gasteiger partial charge on any atom is -0.378 e. The maximum atomic E-state index is 12.4. The number of carbonyl (C=O) groups is 2. The molecule has 0 bridgehead atoms. The van der Waals surface area contributed by atoms with Crippen LogP contribution in [0.2, 0.25) is 0 Å². The first-order chi connectivity index (χ1) is 12.0. The normalized spacial score (nSPS) is 14.8. The van der Waals surface area contributed by atoms with Crippen LogP contribution in [0.1, 0.15) is 53.6 Å². The Morgan fingerprint density at radius 1 is 1.19 bits per heavy atom. The molecule has 6 heteroatoms. The number of aryl methyl sites for hydroxylation is 2.